The van der Waals surface area contributed by atoms with Gasteiger partial charge in [-0.3, -0.25) is 0 Å². The molecule has 1 aromatic carbocycles. The number of aryl methyl sites for hydroxylation is 1. The number of H-pyrrole nitrogens is 1. The molecule has 1 aromatic heterocycles. The quantitative estimate of drug-likeness (QED) is 0.579. The number of fused-ring (bicyclic) bond motifs is 1. The summed E-state index contributed by atoms with van der Waals surface area (Å²) in [6.07, 6.45) is 0. The molecule has 1 heterocycles. The van der Waals surface area contributed by atoms with Gasteiger partial charge in [0.1, 0.15) is 0 Å². The van der Waals surface area contributed by atoms with E-state index in [9.17, 15) is 0 Å². The van der Waals surface area contributed by atoms with Crippen LogP contribution in [0.4, 0.5) is 0 Å². The maximum Gasteiger partial charge on any atom is 0.248 e. The molecule has 3 nitrogen and oxygen atoms in total. The summed E-state index contributed by atoms with van der Waals surface area (Å²) < 4.78 is 0. The van der Waals surface area contributed by atoms with Crippen LogP contribution in [0.15, 0.2) is 24.3 Å². The predicted molar refractivity (Wildman–Crippen MR) is 48.6 cm³/mol. The third-order valence-corrected chi connectivity index (χ3v) is 1.44. The van der Waals surface area contributed by atoms with Gasteiger partial charge in [-0.25, -0.2) is 0 Å². The Labute approximate surface area is 72.0 Å². The molecule has 3 heteroatoms. The second-order valence-corrected chi connectivity index (χ2v) is 2.25. The molecule has 0 amide bonds. The van der Waals surface area contributed by atoms with Crippen LogP contribution >= 0.6 is 0 Å². The van der Waals surface area contributed by atoms with Crippen molar-refractivity contribution in [1.29, 1.82) is 0 Å². The van der Waals surface area contributed by atoms with E-state index < -0.39 is 0 Å². The molecular formula is C9H14N3+. The Kier molecular flexibility index (Phi) is 2.80. The van der Waals surface area contributed by atoms with E-state index >= 15 is 0 Å². The number of hydrogen-bond acceptors (Lipinski definition) is 1. The van der Waals surface area contributed by atoms with Crippen molar-refractivity contribution in [3.05, 3.63) is 24.3 Å². The van der Waals surface area contributed by atoms with Crippen molar-refractivity contribution in [2.45, 2.75) is 13.8 Å². The third kappa shape index (κ3) is 1.61. The zero-order valence-corrected chi connectivity index (χ0v) is 7.70. The van der Waals surface area contributed by atoms with E-state index in [0.717, 1.165) is 11.0 Å². The SMILES string of the molecule is CC.Cn1nc2ccccc2[nH+]1. The first-order valence-corrected chi connectivity index (χ1v) is 4.17. The summed E-state index contributed by atoms with van der Waals surface area (Å²) in [7, 11) is 1.88. The van der Waals surface area contributed by atoms with E-state index in [1.165, 1.54) is 0 Å². The van der Waals surface area contributed by atoms with Gasteiger partial charge in [0, 0.05) is 5.10 Å². The first-order valence-electron chi connectivity index (χ1n) is 4.17. The highest BCUT2D eigenvalue weighted by atomic mass is 15.4. The minimum Gasteiger partial charge on any atom is -0.167 e. The molecule has 0 aliphatic carbocycles. The van der Waals surface area contributed by atoms with E-state index in [-0.39, 0.29) is 0 Å². The van der Waals surface area contributed by atoms with Crippen LogP contribution in [0.2, 0.25) is 0 Å². The zero-order chi connectivity index (χ0) is 8.97. The topological polar surface area (TPSA) is 32.0 Å². The smallest absolute Gasteiger partial charge is 0.167 e. The van der Waals surface area contributed by atoms with Crippen molar-refractivity contribution in [2.24, 2.45) is 7.05 Å². The summed E-state index contributed by atoms with van der Waals surface area (Å²) in [5, 5.41) is 7.24. The normalized spacial score (nSPS) is 9.25. The largest absolute Gasteiger partial charge is 0.248 e. The Balaban J connectivity index is 0.000000336. The van der Waals surface area contributed by atoms with E-state index in [0.29, 0.717) is 0 Å². The summed E-state index contributed by atoms with van der Waals surface area (Å²) in [5.41, 5.74) is 2.08. The van der Waals surface area contributed by atoms with Crippen molar-refractivity contribution in [3.8, 4) is 0 Å². The van der Waals surface area contributed by atoms with Crippen molar-refractivity contribution in [1.82, 2.24) is 9.90 Å². The maximum absolute atomic E-state index is 4.17. The van der Waals surface area contributed by atoms with Crippen LogP contribution in [-0.2, 0) is 7.05 Å². The van der Waals surface area contributed by atoms with Crippen LogP contribution < -0.4 is 5.10 Å². The molecule has 0 saturated heterocycles. The van der Waals surface area contributed by atoms with Gasteiger partial charge in [0.15, 0.2) is 5.52 Å². The molecule has 0 spiro atoms. The number of hydrogen-bond donors (Lipinski definition) is 0. The number of nitrogens with zero attached hydrogens (tertiary/aromatic N) is 2. The molecule has 0 fully saturated rings. The Bertz CT molecular complexity index is 318. The number of rotatable bonds is 0. The predicted octanol–water partition coefficient (Wildman–Crippen LogP) is 1.41. The minimum atomic E-state index is 1.00. The van der Waals surface area contributed by atoms with Crippen molar-refractivity contribution >= 4 is 11.0 Å². The van der Waals surface area contributed by atoms with Crippen LogP contribution in [0.1, 0.15) is 13.8 Å². The summed E-state index contributed by atoms with van der Waals surface area (Å²) in [4.78, 5) is 1.70. The van der Waals surface area contributed by atoms with Gasteiger partial charge in [-0.1, -0.05) is 30.8 Å². The summed E-state index contributed by atoms with van der Waals surface area (Å²) >= 11 is 0. The maximum atomic E-state index is 4.17. The number of para-hydroxylation sites is 1. The lowest BCUT2D eigenvalue weighted by molar-refractivity contribution is -0.466. The van der Waals surface area contributed by atoms with Crippen LogP contribution in [-0.4, -0.2) is 9.90 Å². The van der Waals surface area contributed by atoms with Crippen LogP contribution in [0.5, 0.6) is 0 Å². The second kappa shape index (κ2) is 3.85. The molecule has 0 unspecified atom stereocenters. The molecule has 0 aliphatic rings. The molecule has 2 aromatic rings. The highest BCUT2D eigenvalue weighted by molar-refractivity contribution is 5.69. The Morgan fingerprint density at radius 3 is 2.58 bits per heavy atom. The average Bonchev–Trinajstić information content (AvgIpc) is 2.48. The molecule has 0 radical (unpaired) electrons. The second-order valence-electron chi connectivity index (χ2n) is 2.25. The van der Waals surface area contributed by atoms with E-state index in [2.05, 4.69) is 10.2 Å². The van der Waals surface area contributed by atoms with Gasteiger partial charge in [-0.15, -0.1) is 0 Å². The average molecular weight is 164 g/mol. The molecule has 0 bridgehead atoms. The summed E-state index contributed by atoms with van der Waals surface area (Å²) in [6, 6.07) is 7.94. The minimum absolute atomic E-state index is 1.00. The number of nitrogens with one attached hydrogen (secondary N) is 1. The first-order chi connectivity index (χ1) is 5.86. The molecule has 2 rings (SSSR count). The molecular weight excluding hydrogens is 150 g/mol. The lowest BCUT2D eigenvalue weighted by atomic mass is 10.3. The van der Waals surface area contributed by atoms with Crippen molar-refractivity contribution in [2.75, 3.05) is 0 Å². The van der Waals surface area contributed by atoms with Gasteiger partial charge >= 0.3 is 0 Å². The Hall–Kier alpha value is -1.38. The molecule has 12 heavy (non-hydrogen) atoms. The molecule has 64 valence electrons. The Morgan fingerprint density at radius 1 is 1.25 bits per heavy atom. The van der Waals surface area contributed by atoms with Crippen molar-refractivity contribution in [3.63, 3.8) is 0 Å². The van der Waals surface area contributed by atoms with Gasteiger partial charge in [-0.2, -0.15) is 5.10 Å². The summed E-state index contributed by atoms with van der Waals surface area (Å²) in [6.45, 7) is 4.00. The molecule has 1 N–H and O–H groups in total. The van der Waals surface area contributed by atoms with Crippen LogP contribution in [0.3, 0.4) is 0 Å². The standard InChI is InChI=1S/C7H7N3.C2H6/c1-10-8-6-4-2-3-5-7(6)9-10;1-2/h2-5H,1H3;1-2H3/p+1. The highest BCUT2D eigenvalue weighted by Crippen LogP contribution is 2.01. The molecule has 0 saturated carbocycles. The highest BCUT2D eigenvalue weighted by Gasteiger charge is 2.03. The fourth-order valence-corrected chi connectivity index (χ4v) is 1.02. The monoisotopic (exact) mass is 164 g/mol. The third-order valence-electron chi connectivity index (χ3n) is 1.44. The first kappa shape index (κ1) is 8.71. The lowest BCUT2D eigenvalue weighted by Gasteiger charge is -1.72. The van der Waals surface area contributed by atoms with Crippen LogP contribution in [0, 0.1) is 0 Å². The van der Waals surface area contributed by atoms with E-state index in [1.54, 1.807) is 4.80 Å². The van der Waals surface area contributed by atoms with Gasteiger partial charge in [-0.05, 0) is 12.1 Å². The summed E-state index contributed by atoms with van der Waals surface area (Å²) in [5.74, 6) is 0. The van der Waals surface area contributed by atoms with E-state index in [1.807, 2.05) is 45.2 Å². The van der Waals surface area contributed by atoms with Crippen LogP contribution in [0.25, 0.3) is 11.0 Å². The lowest BCUT2D eigenvalue weighted by Crippen LogP contribution is -2.14. The number of aromatic amines is 1. The van der Waals surface area contributed by atoms with Gasteiger partial charge in [0.25, 0.3) is 0 Å². The number of aromatic nitrogens is 3. The van der Waals surface area contributed by atoms with E-state index in [4.69, 9.17) is 0 Å². The van der Waals surface area contributed by atoms with Gasteiger partial charge in [0.05, 0.1) is 7.05 Å². The zero-order valence-electron chi connectivity index (χ0n) is 7.70. The van der Waals surface area contributed by atoms with Gasteiger partial charge in [0.2, 0.25) is 5.52 Å². The van der Waals surface area contributed by atoms with Crippen molar-refractivity contribution < 1.29 is 5.10 Å². The fourth-order valence-electron chi connectivity index (χ4n) is 1.02. The molecule has 0 aliphatic heterocycles. The fraction of sp³-hybridized carbons (Fsp3) is 0.333. The Morgan fingerprint density at radius 2 is 1.92 bits per heavy atom. The molecule has 0 atom stereocenters. The number of benzene rings is 1. The van der Waals surface area contributed by atoms with Gasteiger partial charge < -0.3 is 0 Å².